The predicted molar refractivity (Wildman–Crippen MR) is 113 cm³/mol. The molecule has 0 saturated carbocycles. The average Bonchev–Trinajstić information content (AvgIpc) is 2.69. The van der Waals surface area contributed by atoms with Crippen molar-refractivity contribution in [2.45, 2.75) is 52.4 Å². The van der Waals surface area contributed by atoms with E-state index in [1.54, 1.807) is 0 Å². The van der Waals surface area contributed by atoms with Crippen molar-refractivity contribution in [1.82, 2.24) is 0 Å². The maximum atomic E-state index is 9.51. The summed E-state index contributed by atoms with van der Waals surface area (Å²) in [6.45, 7) is 22.1. The van der Waals surface area contributed by atoms with E-state index in [9.17, 15) is 5.11 Å². The van der Waals surface area contributed by atoms with Gasteiger partial charge in [-0.3, -0.25) is 0 Å². The molecule has 0 saturated heterocycles. The van der Waals surface area contributed by atoms with E-state index in [1.807, 2.05) is 24.3 Å². The molecule has 26 heavy (non-hydrogen) atoms. The fourth-order valence-corrected chi connectivity index (χ4v) is 4.28. The number of rotatable bonds is 3. The van der Waals surface area contributed by atoms with Gasteiger partial charge < -0.3 is 5.11 Å². The van der Waals surface area contributed by atoms with Crippen LogP contribution in [0.25, 0.3) is 11.3 Å². The summed E-state index contributed by atoms with van der Waals surface area (Å²) in [4.78, 5) is 0. The molecule has 1 nitrogen and oxygen atoms in total. The van der Waals surface area contributed by atoms with Crippen LogP contribution in [-0.2, 0) is 10.8 Å². The van der Waals surface area contributed by atoms with E-state index < -0.39 is 0 Å². The summed E-state index contributed by atoms with van der Waals surface area (Å²) in [6.07, 6.45) is 0. The van der Waals surface area contributed by atoms with E-state index in [2.05, 4.69) is 72.9 Å². The van der Waals surface area contributed by atoms with Gasteiger partial charge in [0.1, 0.15) is 5.76 Å². The van der Waals surface area contributed by atoms with Crippen LogP contribution < -0.4 is 0 Å². The van der Waals surface area contributed by atoms with Gasteiger partial charge in [0, 0.05) is 5.56 Å². The Morgan fingerprint density at radius 1 is 0.692 bits per heavy atom. The topological polar surface area (TPSA) is 20.2 Å². The maximum Gasteiger partial charge on any atom is 0.115 e. The Bertz CT molecular complexity index is 892. The molecule has 1 heteroatoms. The molecule has 0 spiro atoms. The second-order valence-corrected chi connectivity index (χ2v) is 9.14. The van der Waals surface area contributed by atoms with Crippen LogP contribution in [0.15, 0.2) is 55.6 Å². The van der Waals surface area contributed by atoms with Crippen LogP contribution in [-0.4, -0.2) is 5.11 Å². The third-order valence-electron chi connectivity index (χ3n) is 7.41. The molecule has 2 aromatic carbocycles. The van der Waals surface area contributed by atoms with Crippen LogP contribution in [0, 0.1) is 5.41 Å². The highest BCUT2D eigenvalue weighted by molar-refractivity contribution is 5.79. The van der Waals surface area contributed by atoms with Crippen molar-refractivity contribution in [2.24, 2.45) is 5.41 Å². The summed E-state index contributed by atoms with van der Waals surface area (Å²) in [7, 11) is 0. The van der Waals surface area contributed by atoms with Gasteiger partial charge in [-0.05, 0) is 44.1 Å². The zero-order valence-electron chi connectivity index (χ0n) is 16.9. The largest absolute Gasteiger partial charge is 0.508 e. The van der Waals surface area contributed by atoms with Crippen LogP contribution >= 0.6 is 0 Å². The first-order valence-corrected chi connectivity index (χ1v) is 9.24. The van der Waals surface area contributed by atoms with Gasteiger partial charge in [0.15, 0.2) is 0 Å². The molecule has 0 aromatic heterocycles. The summed E-state index contributed by atoms with van der Waals surface area (Å²) >= 11 is 0. The SMILES string of the molecule is C=C(O)c1ccc(C(=C)c2ccc3c(c2)C(C)(C)C(C)(C)C3(C)C)cc1. The lowest BCUT2D eigenvalue weighted by atomic mass is 9.59. The van der Waals surface area contributed by atoms with Gasteiger partial charge in [-0.15, -0.1) is 0 Å². The van der Waals surface area contributed by atoms with Crippen LogP contribution in [0.2, 0.25) is 0 Å². The first-order valence-electron chi connectivity index (χ1n) is 9.24. The molecule has 0 atom stereocenters. The molecule has 136 valence electrons. The molecule has 0 heterocycles. The average molecular weight is 347 g/mol. The van der Waals surface area contributed by atoms with E-state index in [1.165, 1.54) is 11.1 Å². The second kappa shape index (κ2) is 5.61. The minimum absolute atomic E-state index is 0.0839. The number of hydrogen-bond donors (Lipinski definition) is 1. The van der Waals surface area contributed by atoms with Gasteiger partial charge in [-0.2, -0.15) is 0 Å². The van der Waals surface area contributed by atoms with Crippen molar-refractivity contribution in [3.05, 3.63) is 83.4 Å². The summed E-state index contributed by atoms with van der Waals surface area (Å²) in [5.41, 5.74) is 7.18. The number of aliphatic hydroxyl groups is 1. The molecule has 0 aliphatic heterocycles. The Hall–Kier alpha value is -2.28. The van der Waals surface area contributed by atoms with Crippen LogP contribution in [0.5, 0.6) is 0 Å². The van der Waals surface area contributed by atoms with Gasteiger partial charge in [0.2, 0.25) is 0 Å². The van der Waals surface area contributed by atoms with Gasteiger partial charge in [-0.25, -0.2) is 0 Å². The van der Waals surface area contributed by atoms with E-state index in [0.29, 0.717) is 0 Å². The fourth-order valence-electron chi connectivity index (χ4n) is 4.28. The number of benzene rings is 2. The summed E-state index contributed by atoms with van der Waals surface area (Å²) in [5, 5.41) is 9.51. The van der Waals surface area contributed by atoms with Crippen molar-refractivity contribution in [1.29, 1.82) is 0 Å². The smallest absolute Gasteiger partial charge is 0.115 e. The molecule has 3 rings (SSSR count). The molecule has 0 unspecified atom stereocenters. The van der Waals surface area contributed by atoms with Gasteiger partial charge in [-0.1, -0.05) is 97.2 Å². The van der Waals surface area contributed by atoms with Crippen LogP contribution in [0.1, 0.15) is 69.4 Å². The number of aliphatic hydroxyl groups excluding tert-OH is 1. The van der Waals surface area contributed by atoms with Crippen molar-refractivity contribution in [3.63, 3.8) is 0 Å². The summed E-state index contributed by atoms with van der Waals surface area (Å²) in [5.74, 6) is 0.0888. The normalized spacial score (nSPS) is 19.0. The first-order chi connectivity index (χ1) is 11.9. The molecule has 0 fully saturated rings. The Morgan fingerprint density at radius 3 is 1.69 bits per heavy atom. The third kappa shape index (κ3) is 2.37. The summed E-state index contributed by atoms with van der Waals surface area (Å²) in [6, 6.07) is 14.6. The first kappa shape index (κ1) is 18.5. The van der Waals surface area contributed by atoms with E-state index >= 15 is 0 Å². The lowest BCUT2D eigenvalue weighted by Crippen LogP contribution is -2.42. The Kier molecular flexibility index (Phi) is 3.99. The zero-order chi connectivity index (χ0) is 19.5. The quantitative estimate of drug-likeness (QED) is 0.601. The summed E-state index contributed by atoms with van der Waals surface area (Å²) < 4.78 is 0. The number of fused-ring (bicyclic) bond motifs is 1. The van der Waals surface area contributed by atoms with Gasteiger partial charge in [0.25, 0.3) is 0 Å². The molecule has 2 aromatic rings. The van der Waals surface area contributed by atoms with E-state index in [0.717, 1.165) is 22.3 Å². The molecule has 1 aliphatic rings. The monoisotopic (exact) mass is 346 g/mol. The molecular formula is C25H30O. The molecule has 0 bridgehead atoms. The van der Waals surface area contributed by atoms with Gasteiger partial charge in [0.05, 0.1) is 0 Å². The minimum atomic E-state index is 0.0839. The molecule has 1 aliphatic carbocycles. The lowest BCUT2D eigenvalue weighted by molar-refractivity contribution is 0.125. The maximum absolute atomic E-state index is 9.51. The second-order valence-electron chi connectivity index (χ2n) is 9.14. The molecule has 1 N–H and O–H groups in total. The minimum Gasteiger partial charge on any atom is -0.508 e. The third-order valence-corrected chi connectivity index (χ3v) is 7.41. The van der Waals surface area contributed by atoms with Crippen LogP contribution in [0.4, 0.5) is 0 Å². The highest BCUT2D eigenvalue weighted by atomic mass is 16.3. The van der Waals surface area contributed by atoms with Crippen LogP contribution in [0.3, 0.4) is 0 Å². The van der Waals surface area contributed by atoms with E-state index in [4.69, 9.17) is 0 Å². The van der Waals surface area contributed by atoms with Gasteiger partial charge >= 0.3 is 0 Å². The predicted octanol–water partition coefficient (Wildman–Crippen LogP) is 6.87. The fraction of sp³-hybridized carbons (Fsp3) is 0.360. The van der Waals surface area contributed by atoms with E-state index in [-0.39, 0.29) is 22.0 Å². The van der Waals surface area contributed by atoms with Crippen molar-refractivity contribution in [2.75, 3.05) is 0 Å². The highest BCUT2D eigenvalue weighted by Gasteiger charge is 2.56. The molecule has 0 amide bonds. The lowest BCUT2D eigenvalue weighted by Gasteiger charge is -2.44. The molecular weight excluding hydrogens is 316 g/mol. The number of hydrogen-bond acceptors (Lipinski definition) is 1. The highest BCUT2D eigenvalue weighted by Crippen LogP contribution is 2.61. The standard InChI is InChI=1S/C25H30O/c1-16(18-9-11-19(12-10-18)17(2)26)20-13-14-21-22(15-20)24(5,6)25(7,8)23(21,3)4/h9-15,26H,1-2H2,3-8H3. The van der Waals surface area contributed by atoms with Crippen molar-refractivity contribution >= 4 is 11.3 Å². The zero-order valence-corrected chi connectivity index (χ0v) is 16.9. The van der Waals surface area contributed by atoms with Crippen molar-refractivity contribution < 1.29 is 5.11 Å². The molecule has 0 radical (unpaired) electrons. The Labute approximate surface area is 158 Å². The van der Waals surface area contributed by atoms with Crippen molar-refractivity contribution in [3.8, 4) is 0 Å². The Balaban J connectivity index is 2.05. The Morgan fingerprint density at radius 2 is 1.15 bits per heavy atom.